The van der Waals surface area contributed by atoms with Crippen LogP contribution in [0.1, 0.15) is 24.2 Å². The summed E-state index contributed by atoms with van der Waals surface area (Å²) in [5.41, 5.74) is -0.315. The van der Waals surface area contributed by atoms with Gasteiger partial charge in [-0.3, -0.25) is 0 Å². The molecule has 98 valence electrons. The number of carboxylic acid groups (broad SMARTS) is 1. The van der Waals surface area contributed by atoms with E-state index in [2.05, 4.69) is 13.8 Å². The van der Waals surface area contributed by atoms with Crippen molar-refractivity contribution in [2.75, 3.05) is 18.0 Å². The zero-order valence-corrected chi connectivity index (χ0v) is 10.3. The third-order valence-corrected chi connectivity index (χ3v) is 3.46. The highest BCUT2D eigenvalue weighted by molar-refractivity contribution is 5.89. The molecule has 1 N–H and O–H groups in total. The number of hydrogen-bond donors (Lipinski definition) is 1. The molecular weight excluding hydrogens is 240 g/mol. The Hall–Kier alpha value is -1.65. The predicted molar refractivity (Wildman–Crippen MR) is 63.9 cm³/mol. The maximum Gasteiger partial charge on any atom is 0.338 e. The summed E-state index contributed by atoms with van der Waals surface area (Å²) in [7, 11) is 0. The number of benzene rings is 1. The lowest BCUT2D eigenvalue weighted by Crippen LogP contribution is -2.49. The van der Waals surface area contributed by atoms with Crippen molar-refractivity contribution in [3.63, 3.8) is 0 Å². The lowest BCUT2D eigenvalue weighted by atomic mass is 9.88. The molecule has 1 aliphatic heterocycles. The second-order valence-electron chi connectivity index (χ2n) is 5.00. The lowest BCUT2D eigenvalue weighted by molar-refractivity contribution is 0.0692. The smallest absolute Gasteiger partial charge is 0.338 e. The largest absolute Gasteiger partial charge is 0.478 e. The van der Waals surface area contributed by atoms with Crippen molar-refractivity contribution in [2.45, 2.75) is 13.8 Å². The van der Waals surface area contributed by atoms with Crippen molar-refractivity contribution >= 4 is 11.7 Å². The van der Waals surface area contributed by atoms with E-state index in [-0.39, 0.29) is 5.69 Å². The summed E-state index contributed by atoms with van der Waals surface area (Å²) < 4.78 is 26.9. The van der Waals surface area contributed by atoms with Crippen LogP contribution in [0.3, 0.4) is 0 Å². The zero-order valence-electron chi connectivity index (χ0n) is 10.3. The fourth-order valence-electron chi connectivity index (χ4n) is 2.07. The molecule has 0 spiro atoms. The van der Waals surface area contributed by atoms with Gasteiger partial charge in [0.1, 0.15) is 11.6 Å². The van der Waals surface area contributed by atoms with Gasteiger partial charge in [0.15, 0.2) is 0 Å². The molecule has 5 heteroatoms. The summed E-state index contributed by atoms with van der Waals surface area (Å²) in [6.45, 7) is 5.54. The van der Waals surface area contributed by atoms with Crippen LogP contribution in [-0.4, -0.2) is 24.2 Å². The van der Waals surface area contributed by atoms with E-state index in [9.17, 15) is 13.6 Å². The molecule has 1 fully saturated rings. The van der Waals surface area contributed by atoms with E-state index in [1.165, 1.54) is 0 Å². The Labute approximate surface area is 104 Å². The highest BCUT2D eigenvalue weighted by Crippen LogP contribution is 2.32. The Balaban J connectivity index is 2.24. The van der Waals surface area contributed by atoms with Crippen LogP contribution >= 0.6 is 0 Å². The molecule has 0 bridgehead atoms. The summed E-state index contributed by atoms with van der Waals surface area (Å²) in [5.74, 6) is -2.15. The number of carboxylic acids is 1. The second kappa shape index (κ2) is 4.55. The molecule has 3 nitrogen and oxygen atoms in total. The van der Waals surface area contributed by atoms with Crippen LogP contribution in [0.2, 0.25) is 0 Å². The first-order valence-electron chi connectivity index (χ1n) is 5.87. The first-order chi connectivity index (χ1) is 8.40. The molecule has 1 saturated heterocycles. The maximum absolute atomic E-state index is 13.6. The van der Waals surface area contributed by atoms with Gasteiger partial charge in [-0.1, -0.05) is 13.8 Å². The number of anilines is 1. The molecular formula is C13H15F2NO2. The summed E-state index contributed by atoms with van der Waals surface area (Å²) in [5, 5.41) is 8.81. The molecule has 1 aromatic carbocycles. The van der Waals surface area contributed by atoms with Gasteiger partial charge in [0.05, 0.1) is 11.3 Å². The van der Waals surface area contributed by atoms with Crippen LogP contribution in [0.4, 0.5) is 14.5 Å². The van der Waals surface area contributed by atoms with Crippen LogP contribution < -0.4 is 4.90 Å². The Kier molecular flexibility index (Phi) is 3.24. The zero-order chi connectivity index (χ0) is 13.4. The summed E-state index contributed by atoms with van der Waals surface area (Å²) in [6.07, 6.45) is 0. The number of halogens is 2. The highest BCUT2D eigenvalue weighted by Gasteiger charge is 2.31. The minimum Gasteiger partial charge on any atom is -0.478 e. The average Bonchev–Trinajstić information content (AvgIpc) is 2.17. The van der Waals surface area contributed by atoms with Crippen LogP contribution in [-0.2, 0) is 0 Å². The van der Waals surface area contributed by atoms with Crippen molar-refractivity contribution in [1.29, 1.82) is 0 Å². The van der Waals surface area contributed by atoms with Gasteiger partial charge in [-0.2, -0.15) is 0 Å². The van der Waals surface area contributed by atoms with E-state index in [1.807, 2.05) is 0 Å². The van der Waals surface area contributed by atoms with E-state index < -0.39 is 23.2 Å². The molecule has 1 aliphatic rings. The molecule has 0 aliphatic carbocycles. The van der Waals surface area contributed by atoms with Gasteiger partial charge in [-0.15, -0.1) is 0 Å². The number of hydrogen-bond acceptors (Lipinski definition) is 2. The first kappa shape index (κ1) is 12.8. The van der Waals surface area contributed by atoms with Crippen LogP contribution in [0.15, 0.2) is 12.1 Å². The normalized spacial score (nSPS) is 15.9. The molecule has 2 rings (SSSR count). The Morgan fingerprint density at radius 3 is 2.44 bits per heavy atom. The van der Waals surface area contributed by atoms with E-state index in [0.717, 1.165) is 6.07 Å². The number of carbonyl (C=O) groups is 1. The number of aromatic carboxylic acids is 1. The van der Waals surface area contributed by atoms with E-state index in [1.54, 1.807) is 4.90 Å². The number of rotatable bonds is 3. The van der Waals surface area contributed by atoms with Gasteiger partial charge in [0.25, 0.3) is 0 Å². The van der Waals surface area contributed by atoms with Gasteiger partial charge in [0, 0.05) is 19.2 Å². The van der Waals surface area contributed by atoms with Crippen molar-refractivity contribution in [3.05, 3.63) is 29.3 Å². The quantitative estimate of drug-likeness (QED) is 0.902. The summed E-state index contributed by atoms with van der Waals surface area (Å²) in [4.78, 5) is 12.5. The molecule has 1 heterocycles. The lowest BCUT2D eigenvalue weighted by Gasteiger charge is -2.43. The fraction of sp³-hybridized carbons (Fsp3) is 0.462. The van der Waals surface area contributed by atoms with Gasteiger partial charge in [-0.05, 0) is 17.9 Å². The van der Waals surface area contributed by atoms with Gasteiger partial charge in [-0.25, -0.2) is 13.6 Å². The van der Waals surface area contributed by atoms with Crippen molar-refractivity contribution in [3.8, 4) is 0 Å². The molecule has 0 aromatic heterocycles. The second-order valence-corrected chi connectivity index (χ2v) is 5.00. The maximum atomic E-state index is 13.6. The van der Waals surface area contributed by atoms with Gasteiger partial charge < -0.3 is 10.0 Å². The van der Waals surface area contributed by atoms with Crippen molar-refractivity contribution < 1.29 is 18.7 Å². The third kappa shape index (κ3) is 2.17. The van der Waals surface area contributed by atoms with Crippen LogP contribution in [0.5, 0.6) is 0 Å². The van der Waals surface area contributed by atoms with E-state index in [4.69, 9.17) is 5.11 Å². The minimum absolute atomic E-state index is 0.172. The third-order valence-electron chi connectivity index (χ3n) is 3.46. The molecule has 0 atom stereocenters. The van der Waals surface area contributed by atoms with Gasteiger partial charge >= 0.3 is 5.97 Å². The first-order valence-corrected chi connectivity index (χ1v) is 5.87. The molecule has 0 amide bonds. The Morgan fingerprint density at radius 2 is 1.94 bits per heavy atom. The van der Waals surface area contributed by atoms with Gasteiger partial charge in [0.2, 0.25) is 0 Å². The summed E-state index contributed by atoms with van der Waals surface area (Å²) >= 11 is 0. The average molecular weight is 255 g/mol. The molecule has 1 aromatic rings. The Bertz CT molecular complexity index is 482. The van der Waals surface area contributed by atoms with E-state index >= 15 is 0 Å². The standard InChI is InChI=1S/C13H15F2NO2/c1-7(2)8-5-16(6-8)12-3-9(13(17)18)10(14)4-11(12)15/h3-4,7-8H,5-6H2,1-2H3,(H,17,18). The summed E-state index contributed by atoms with van der Waals surface area (Å²) in [6, 6.07) is 1.71. The monoisotopic (exact) mass is 255 g/mol. The van der Waals surface area contributed by atoms with Crippen LogP contribution in [0, 0.1) is 23.5 Å². The van der Waals surface area contributed by atoms with Crippen molar-refractivity contribution in [1.82, 2.24) is 0 Å². The predicted octanol–water partition coefficient (Wildman–Crippen LogP) is 2.76. The minimum atomic E-state index is -1.38. The fourth-order valence-corrected chi connectivity index (χ4v) is 2.07. The topological polar surface area (TPSA) is 40.5 Å². The highest BCUT2D eigenvalue weighted by atomic mass is 19.1. The molecule has 18 heavy (non-hydrogen) atoms. The Morgan fingerprint density at radius 1 is 1.33 bits per heavy atom. The number of nitrogens with zero attached hydrogens (tertiary/aromatic N) is 1. The van der Waals surface area contributed by atoms with Crippen molar-refractivity contribution in [2.24, 2.45) is 11.8 Å². The SMILES string of the molecule is CC(C)C1CN(c2cc(C(=O)O)c(F)cc2F)C1. The van der Waals surface area contributed by atoms with E-state index in [0.29, 0.717) is 31.0 Å². The molecule has 0 unspecified atom stereocenters. The molecule has 0 saturated carbocycles. The van der Waals surface area contributed by atoms with Crippen LogP contribution in [0.25, 0.3) is 0 Å². The molecule has 0 radical (unpaired) electrons.